The SMILES string of the molecule is CCCCOc1ccc(C2C(=C(O)c3ccc(C)c(F)c3)C(=O)C(=O)N2Cc2ccncc2)cc1. The molecule has 1 saturated heterocycles. The molecule has 1 unspecified atom stereocenters. The minimum atomic E-state index is -0.850. The first-order valence-corrected chi connectivity index (χ1v) is 11.6. The largest absolute Gasteiger partial charge is 0.507 e. The number of hydrogen-bond donors (Lipinski definition) is 1. The molecule has 1 amide bonds. The number of unbranched alkanes of at least 4 members (excludes halogenated alkanes) is 1. The third kappa shape index (κ3) is 5.09. The fourth-order valence-electron chi connectivity index (χ4n) is 4.05. The Labute approximate surface area is 203 Å². The zero-order valence-electron chi connectivity index (χ0n) is 19.7. The number of pyridine rings is 1. The number of benzene rings is 2. The predicted molar refractivity (Wildman–Crippen MR) is 130 cm³/mol. The first kappa shape index (κ1) is 24.1. The Bertz CT molecular complexity index is 1260. The van der Waals surface area contributed by atoms with E-state index in [0.717, 1.165) is 18.4 Å². The van der Waals surface area contributed by atoms with Crippen LogP contribution in [0.15, 0.2) is 72.6 Å². The van der Waals surface area contributed by atoms with E-state index in [1.54, 1.807) is 55.7 Å². The second kappa shape index (κ2) is 10.5. The van der Waals surface area contributed by atoms with E-state index in [1.165, 1.54) is 23.1 Å². The molecule has 1 aromatic heterocycles. The summed E-state index contributed by atoms with van der Waals surface area (Å²) in [6.45, 7) is 4.43. The molecule has 1 N–H and O–H groups in total. The Morgan fingerprint density at radius 3 is 2.46 bits per heavy atom. The van der Waals surface area contributed by atoms with Gasteiger partial charge in [0.25, 0.3) is 11.7 Å². The van der Waals surface area contributed by atoms with Gasteiger partial charge >= 0.3 is 0 Å². The topological polar surface area (TPSA) is 79.7 Å². The van der Waals surface area contributed by atoms with Gasteiger partial charge in [0.15, 0.2) is 0 Å². The molecular weight excluding hydrogens is 447 g/mol. The zero-order valence-corrected chi connectivity index (χ0v) is 19.7. The molecule has 2 aromatic carbocycles. The second-order valence-corrected chi connectivity index (χ2v) is 8.52. The molecule has 0 bridgehead atoms. The lowest BCUT2D eigenvalue weighted by Crippen LogP contribution is -2.29. The minimum absolute atomic E-state index is 0.0769. The number of aryl methyl sites for hydroxylation is 1. The van der Waals surface area contributed by atoms with Gasteiger partial charge in [-0.3, -0.25) is 14.6 Å². The van der Waals surface area contributed by atoms with Crippen molar-refractivity contribution in [1.82, 2.24) is 9.88 Å². The number of carbonyl (C=O) groups excluding carboxylic acids is 2. The van der Waals surface area contributed by atoms with Crippen LogP contribution in [0.5, 0.6) is 5.75 Å². The van der Waals surface area contributed by atoms with E-state index in [-0.39, 0.29) is 17.7 Å². The van der Waals surface area contributed by atoms with Crippen LogP contribution in [0.4, 0.5) is 4.39 Å². The van der Waals surface area contributed by atoms with Gasteiger partial charge in [-0.05, 0) is 60.4 Å². The summed E-state index contributed by atoms with van der Waals surface area (Å²) < 4.78 is 20.0. The average Bonchev–Trinajstić information content (AvgIpc) is 3.11. The third-order valence-corrected chi connectivity index (χ3v) is 6.05. The molecular formula is C28H27FN2O4. The molecule has 35 heavy (non-hydrogen) atoms. The van der Waals surface area contributed by atoms with Crippen LogP contribution in [0.3, 0.4) is 0 Å². The van der Waals surface area contributed by atoms with Crippen LogP contribution in [0.2, 0.25) is 0 Å². The number of ether oxygens (including phenoxy) is 1. The van der Waals surface area contributed by atoms with Gasteiger partial charge in [0, 0.05) is 24.5 Å². The highest BCUT2D eigenvalue weighted by Crippen LogP contribution is 2.40. The molecule has 1 atom stereocenters. The van der Waals surface area contributed by atoms with Crippen LogP contribution in [0, 0.1) is 12.7 Å². The summed E-state index contributed by atoms with van der Waals surface area (Å²) >= 11 is 0. The fraction of sp³-hybridized carbons (Fsp3) is 0.250. The Morgan fingerprint density at radius 2 is 1.80 bits per heavy atom. The van der Waals surface area contributed by atoms with Crippen molar-refractivity contribution in [3.8, 4) is 5.75 Å². The van der Waals surface area contributed by atoms with Crippen LogP contribution in [0.1, 0.15) is 48.1 Å². The van der Waals surface area contributed by atoms with Gasteiger partial charge in [0.1, 0.15) is 17.3 Å². The first-order chi connectivity index (χ1) is 16.9. The summed E-state index contributed by atoms with van der Waals surface area (Å²) in [4.78, 5) is 31.7. The van der Waals surface area contributed by atoms with Crippen molar-refractivity contribution < 1.29 is 23.8 Å². The summed E-state index contributed by atoms with van der Waals surface area (Å²) in [6.07, 6.45) is 5.17. The van der Waals surface area contributed by atoms with Gasteiger partial charge in [-0.25, -0.2) is 4.39 Å². The molecule has 1 aliphatic heterocycles. The molecule has 0 saturated carbocycles. The monoisotopic (exact) mass is 474 g/mol. The maximum absolute atomic E-state index is 14.2. The van der Waals surface area contributed by atoms with Crippen LogP contribution in [-0.4, -0.2) is 33.3 Å². The zero-order chi connectivity index (χ0) is 24.9. The lowest BCUT2D eigenvalue weighted by molar-refractivity contribution is -0.140. The normalized spacial score (nSPS) is 17.1. The first-order valence-electron chi connectivity index (χ1n) is 11.6. The number of aromatic nitrogens is 1. The summed E-state index contributed by atoms with van der Waals surface area (Å²) in [6, 6.07) is 14.0. The number of Topliss-reactive ketones (excluding diaryl/α,β-unsaturated/α-hetero) is 1. The summed E-state index contributed by atoms with van der Waals surface area (Å²) in [5, 5.41) is 11.1. The number of likely N-dealkylation sites (tertiary alicyclic amines) is 1. The minimum Gasteiger partial charge on any atom is -0.507 e. The van der Waals surface area contributed by atoms with Crippen LogP contribution in [0.25, 0.3) is 5.76 Å². The molecule has 6 nitrogen and oxygen atoms in total. The van der Waals surface area contributed by atoms with Crippen molar-refractivity contribution in [2.75, 3.05) is 6.61 Å². The lowest BCUT2D eigenvalue weighted by Gasteiger charge is -2.25. The summed E-state index contributed by atoms with van der Waals surface area (Å²) in [5.74, 6) is -1.79. The van der Waals surface area contributed by atoms with E-state index in [9.17, 15) is 19.1 Å². The quantitative estimate of drug-likeness (QED) is 0.207. The van der Waals surface area contributed by atoms with E-state index in [2.05, 4.69) is 11.9 Å². The average molecular weight is 475 g/mol. The highest BCUT2D eigenvalue weighted by atomic mass is 19.1. The molecule has 0 radical (unpaired) electrons. The van der Waals surface area contributed by atoms with Crippen LogP contribution >= 0.6 is 0 Å². The molecule has 180 valence electrons. The van der Waals surface area contributed by atoms with Crippen molar-refractivity contribution in [3.05, 3.63) is 101 Å². The smallest absolute Gasteiger partial charge is 0.295 e. The van der Waals surface area contributed by atoms with Gasteiger partial charge in [0.2, 0.25) is 0 Å². The molecule has 0 aliphatic carbocycles. The van der Waals surface area contributed by atoms with E-state index in [1.807, 2.05) is 0 Å². The number of hydrogen-bond acceptors (Lipinski definition) is 5. The number of halogens is 1. The number of amides is 1. The predicted octanol–water partition coefficient (Wildman–Crippen LogP) is 5.33. The van der Waals surface area contributed by atoms with E-state index in [0.29, 0.717) is 23.5 Å². The number of aliphatic hydroxyl groups is 1. The molecule has 0 spiro atoms. The molecule has 3 aromatic rings. The number of rotatable bonds is 8. The summed E-state index contributed by atoms with van der Waals surface area (Å²) in [7, 11) is 0. The summed E-state index contributed by atoms with van der Waals surface area (Å²) in [5.41, 5.74) is 1.89. The van der Waals surface area contributed by atoms with Gasteiger partial charge in [-0.1, -0.05) is 37.6 Å². The van der Waals surface area contributed by atoms with Crippen LogP contribution in [-0.2, 0) is 16.1 Å². The van der Waals surface area contributed by atoms with E-state index in [4.69, 9.17) is 4.74 Å². The molecule has 1 aliphatic rings. The fourth-order valence-corrected chi connectivity index (χ4v) is 4.05. The Hall–Kier alpha value is -4.00. The Morgan fingerprint density at radius 1 is 1.09 bits per heavy atom. The van der Waals surface area contributed by atoms with Gasteiger partial charge < -0.3 is 14.7 Å². The second-order valence-electron chi connectivity index (χ2n) is 8.52. The maximum Gasteiger partial charge on any atom is 0.295 e. The van der Waals surface area contributed by atoms with Crippen molar-refractivity contribution in [3.63, 3.8) is 0 Å². The molecule has 4 rings (SSSR count). The van der Waals surface area contributed by atoms with Crippen molar-refractivity contribution in [1.29, 1.82) is 0 Å². The van der Waals surface area contributed by atoms with Crippen LogP contribution < -0.4 is 4.74 Å². The standard InChI is InChI=1S/C28H27FN2O4/c1-3-4-15-35-22-9-7-20(8-10-22)25-24(26(32)21-6-5-18(2)23(29)16-21)27(33)28(34)31(25)17-19-11-13-30-14-12-19/h5-14,16,25,32H,3-4,15,17H2,1-2H3. The number of aliphatic hydroxyl groups excluding tert-OH is 1. The maximum atomic E-state index is 14.2. The Kier molecular flexibility index (Phi) is 7.25. The molecule has 1 fully saturated rings. The number of carbonyl (C=O) groups is 2. The van der Waals surface area contributed by atoms with Crippen molar-refractivity contribution >= 4 is 17.4 Å². The highest BCUT2D eigenvalue weighted by Gasteiger charge is 2.46. The lowest BCUT2D eigenvalue weighted by atomic mass is 9.94. The van der Waals surface area contributed by atoms with Gasteiger partial charge in [-0.15, -0.1) is 0 Å². The molecule has 7 heteroatoms. The van der Waals surface area contributed by atoms with Gasteiger partial charge in [0.05, 0.1) is 18.2 Å². The van der Waals surface area contributed by atoms with Crippen molar-refractivity contribution in [2.45, 2.75) is 39.3 Å². The number of ketones is 1. The molecule has 2 heterocycles. The van der Waals surface area contributed by atoms with E-state index >= 15 is 0 Å². The number of nitrogens with zero attached hydrogens (tertiary/aromatic N) is 2. The Balaban J connectivity index is 1.78. The third-order valence-electron chi connectivity index (χ3n) is 6.05. The highest BCUT2D eigenvalue weighted by molar-refractivity contribution is 6.46. The van der Waals surface area contributed by atoms with Crippen molar-refractivity contribution in [2.24, 2.45) is 0 Å². The van der Waals surface area contributed by atoms with E-state index < -0.39 is 29.3 Å². The van der Waals surface area contributed by atoms with Gasteiger partial charge in [-0.2, -0.15) is 0 Å².